The molecule has 0 radical (unpaired) electrons. The molecule has 0 bridgehead atoms. The van der Waals surface area contributed by atoms with E-state index in [-0.39, 0.29) is 12.0 Å². The predicted molar refractivity (Wildman–Crippen MR) is 121 cm³/mol. The van der Waals surface area contributed by atoms with E-state index in [0.29, 0.717) is 18.0 Å². The number of ether oxygens (including phenoxy) is 1. The largest absolute Gasteiger partial charge is 0.497 e. The van der Waals surface area contributed by atoms with Crippen molar-refractivity contribution in [3.63, 3.8) is 0 Å². The summed E-state index contributed by atoms with van der Waals surface area (Å²) in [7, 11) is -2.63. The lowest BCUT2D eigenvalue weighted by Gasteiger charge is -2.25. The summed E-state index contributed by atoms with van der Waals surface area (Å²) in [5.41, 5.74) is 2.91. The van der Waals surface area contributed by atoms with Crippen LogP contribution < -0.4 is 4.74 Å². The van der Waals surface area contributed by atoms with Crippen LogP contribution in [0.1, 0.15) is 43.5 Å². The van der Waals surface area contributed by atoms with Gasteiger partial charge in [-0.15, -0.1) is 0 Å². The van der Waals surface area contributed by atoms with Crippen LogP contribution in [0.5, 0.6) is 5.75 Å². The van der Waals surface area contributed by atoms with Crippen LogP contribution in [0.4, 0.5) is 9.28 Å². The summed E-state index contributed by atoms with van der Waals surface area (Å²) in [6.45, 7) is 6.54. The number of methoxy groups -OCH3 is 1. The summed E-state index contributed by atoms with van der Waals surface area (Å²) >= 11 is 0. The first-order chi connectivity index (χ1) is 14.9. The molecule has 0 saturated carbocycles. The third-order valence-electron chi connectivity index (χ3n) is 5.61. The van der Waals surface area contributed by atoms with Crippen LogP contribution in [-0.4, -0.2) is 55.4 Å². The second-order valence-electron chi connectivity index (χ2n) is 9.00. The standard InChI is InChI=1S/C23H30FN3O4S/c1-23(2,3)19-10-8-18(9-11-19)21-16-26(27(24)32(5,29)30)22(28)25(21)15-14-17-6-12-20(31-4)13-7-17/h6-13,21H,14-16H2,1-5H3. The fraction of sp³-hybridized carbons (Fsp3) is 0.435. The first-order valence-electron chi connectivity index (χ1n) is 10.4. The van der Waals surface area contributed by atoms with Crippen LogP contribution in [0.2, 0.25) is 0 Å². The van der Waals surface area contributed by atoms with Gasteiger partial charge in [-0.05, 0) is 40.7 Å². The van der Waals surface area contributed by atoms with E-state index in [1.807, 2.05) is 48.5 Å². The number of carbonyl (C=O) groups is 1. The van der Waals surface area contributed by atoms with E-state index in [4.69, 9.17) is 4.74 Å². The normalized spacial score (nSPS) is 17.3. The fourth-order valence-corrected chi connectivity index (χ4v) is 4.21. The molecule has 1 atom stereocenters. The molecule has 1 aliphatic heterocycles. The molecule has 32 heavy (non-hydrogen) atoms. The summed E-state index contributed by atoms with van der Waals surface area (Å²) in [5.74, 6) is 0.732. The van der Waals surface area contributed by atoms with Gasteiger partial charge < -0.3 is 9.64 Å². The smallest absolute Gasteiger partial charge is 0.338 e. The van der Waals surface area contributed by atoms with Crippen molar-refractivity contribution in [2.45, 2.75) is 38.6 Å². The zero-order chi connectivity index (χ0) is 23.7. The Hall–Kier alpha value is -2.65. The molecule has 1 aliphatic rings. The molecule has 7 nitrogen and oxygen atoms in total. The number of hydrogen-bond acceptors (Lipinski definition) is 4. The van der Waals surface area contributed by atoms with E-state index in [1.54, 1.807) is 7.11 Å². The summed E-state index contributed by atoms with van der Waals surface area (Å²) < 4.78 is 42.7. The van der Waals surface area contributed by atoms with E-state index < -0.39 is 26.7 Å². The van der Waals surface area contributed by atoms with Gasteiger partial charge >= 0.3 is 6.03 Å². The minimum Gasteiger partial charge on any atom is -0.497 e. The van der Waals surface area contributed by atoms with E-state index in [1.165, 1.54) is 4.90 Å². The fourth-order valence-electron chi connectivity index (χ4n) is 3.72. The molecule has 1 unspecified atom stereocenters. The topological polar surface area (TPSA) is 70.2 Å². The molecule has 1 heterocycles. The van der Waals surface area contributed by atoms with Crippen molar-refractivity contribution < 1.29 is 22.4 Å². The van der Waals surface area contributed by atoms with Crippen molar-refractivity contribution in [2.24, 2.45) is 0 Å². The Morgan fingerprint density at radius 2 is 1.69 bits per heavy atom. The summed E-state index contributed by atoms with van der Waals surface area (Å²) in [5, 5.41) is 0.645. The van der Waals surface area contributed by atoms with E-state index >= 15 is 0 Å². The molecule has 0 aromatic heterocycles. The average Bonchev–Trinajstić information content (AvgIpc) is 3.07. The van der Waals surface area contributed by atoms with Gasteiger partial charge in [-0.25, -0.2) is 18.2 Å². The molecule has 0 N–H and O–H groups in total. The number of rotatable bonds is 7. The van der Waals surface area contributed by atoms with Crippen LogP contribution in [0.3, 0.4) is 0 Å². The van der Waals surface area contributed by atoms with Crippen molar-refractivity contribution in [3.05, 3.63) is 65.2 Å². The molecular weight excluding hydrogens is 433 g/mol. The first-order valence-corrected chi connectivity index (χ1v) is 12.2. The highest BCUT2D eigenvalue weighted by atomic mass is 32.2. The third kappa shape index (κ3) is 5.21. The number of hydrazine groups is 1. The zero-order valence-corrected chi connectivity index (χ0v) is 19.9. The number of benzene rings is 2. The SMILES string of the molecule is COc1ccc(CCN2C(=O)N(N(F)S(C)(=O)=O)CC2c2ccc(C(C)(C)C)cc2)cc1. The Balaban J connectivity index is 1.87. The Labute approximate surface area is 189 Å². The maximum absolute atomic E-state index is 14.5. The van der Waals surface area contributed by atoms with Gasteiger partial charge in [-0.2, -0.15) is 0 Å². The molecule has 174 valence electrons. The molecule has 2 aromatic rings. The second-order valence-corrected chi connectivity index (χ2v) is 10.8. The van der Waals surface area contributed by atoms with Crippen LogP contribution in [-0.2, 0) is 21.9 Å². The Kier molecular flexibility index (Phi) is 6.80. The number of carbonyl (C=O) groups excluding carboxylic acids is 1. The molecule has 9 heteroatoms. The van der Waals surface area contributed by atoms with Crippen LogP contribution >= 0.6 is 0 Å². The van der Waals surface area contributed by atoms with Crippen LogP contribution in [0.15, 0.2) is 48.5 Å². The maximum atomic E-state index is 14.5. The van der Waals surface area contributed by atoms with Crippen LogP contribution in [0, 0.1) is 0 Å². The van der Waals surface area contributed by atoms with Gasteiger partial charge in [0.1, 0.15) is 5.75 Å². The number of amides is 2. The highest BCUT2D eigenvalue weighted by Gasteiger charge is 2.44. The number of sulfonamides is 1. The highest BCUT2D eigenvalue weighted by molar-refractivity contribution is 7.88. The lowest BCUT2D eigenvalue weighted by molar-refractivity contribution is -0.0407. The van der Waals surface area contributed by atoms with Gasteiger partial charge in [0.25, 0.3) is 10.0 Å². The third-order valence-corrected chi connectivity index (χ3v) is 6.36. The maximum Gasteiger partial charge on any atom is 0.338 e. The first kappa shape index (κ1) is 24.0. The van der Waals surface area contributed by atoms with Crippen molar-refractivity contribution in [1.82, 2.24) is 14.5 Å². The van der Waals surface area contributed by atoms with Gasteiger partial charge in [-0.3, -0.25) is 0 Å². The van der Waals surface area contributed by atoms with Gasteiger partial charge in [0, 0.05) is 6.54 Å². The Morgan fingerprint density at radius 3 is 2.19 bits per heavy atom. The van der Waals surface area contributed by atoms with Gasteiger partial charge in [0.05, 0.1) is 30.6 Å². The number of hydrogen-bond donors (Lipinski definition) is 0. The summed E-state index contributed by atoms with van der Waals surface area (Å²) in [4.78, 5) is 14.5. The second kappa shape index (κ2) is 9.07. The van der Waals surface area contributed by atoms with E-state index in [0.717, 1.165) is 28.7 Å². The molecule has 0 aliphatic carbocycles. The lowest BCUT2D eigenvalue weighted by atomic mass is 9.86. The molecule has 0 spiro atoms. The molecule has 1 saturated heterocycles. The van der Waals surface area contributed by atoms with Gasteiger partial charge in [-0.1, -0.05) is 61.7 Å². The van der Waals surface area contributed by atoms with Crippen LogP contribution in [0.25, 0.3) is 0 Å². The van der Waals surface area contributed by atoms with Crippen molar-refractivity contribution >= 4 is 16.1 Å². The van der Waals surface area contributed by atoms with E-state index in [9.17, 15) is 17.7 Å². The van der Waals surface area contributed by atoms with Crippen molar-refractivity contribution in [1.29, 1.82) is 0 Å². The number of urea groups is 1. The average molecular weight is 464 g/mol. The molecular formula is C23H30FN3O4S. The zero-order valence-electron chi connectivity index (χ0n) is 19.1. The van der Waals surface area contributed by atoms with Gasteiger partial charge in [0.15, 0.2) is 0 Å². The lowest BCUT2D eigenvalue weighted by Crippen LogP contribution is -2.43. The summed E-state index contributed by atoms with van der Waals surface area (Å²) in [6.07, 6.45) is 1.26. The van der Waals surface area contributed by atoms with Crippen molar-refractivity contribution in [3.8, 4) is 5.75 Å². The van der Waals surface area contributed by atoms with Gasteiger partial charge in [0.2, 0.25) is 0 Å². The molecule has 2 aromatic carbocycles. The number of halogens is 1. The molecule has 3 rings (SSSR count). The number of nitrogens with zero attached hydrogens (tertiary/aromatic N) is 3. The molecule has 2 amide bonds. The predicted octanol–water partition coefficient (Wildman–Crippen LogP) is 4.08. The monoisotopic (exact) mass is 463 g/mol. The molecule has 1 fully saturated rings. The minimum absolute atomic E-state index is 0.0316. The Bertz CT molecular complexity index is 1050. The Morgan fingerprint density at radius 1 is 1.09 bits per heavy atom. The van der Waals surface area contributed by atoms with Crippen molar-refractivity contribution in [2.75, 3.05) is 26.5 Å². The van der Waals surface area contributed by atoms with E-state index in [2.05, 4.69) is 20.8 Å². The summed E-state index contributed by atoms with van der Waals surface area (Å²) in [6, 6.07) is 14.2. The highest BCUT2D eigenvalue weighted by Crippen LogP contribution is 2.33. The quantitative estimate of drug-likeness (QED) is 0.581. The minimum atomic E-state index is -4.22.